The molecule has 1 aliphatic rings. The van der Waals surface area contributed by atoms with Crippen LogP contribution >= 0.6 is 0 Å². The van der Waals surface area contributed by atoms with Crippen LogP contribution in [-0.4, -0.2) is 51.2 Å². The van der Waals surface area contributed by atoms with E-state index >= 15 is 0 Å². The van der Waals surface area contributed by atoms with Gasteiger partial charge in [-0.1, -0.05) is 18.2 Å². The lowest BCUT2D eigenvalue weighted by Crippen LogP contribution is -2.45. The third-order valence-corrected chi connectivity index (χ3v) is 4.17. The molecule has 1 atom stereocenters. The molecule has 0 amide bonds. The van der Waals surface area contributed by atoms with Gasteiger partial charge in [-0.05, 0) is 38.9 Å². The summed E-state index contributed by atoms with van der Waals surface area (Å²) in [5.74, 6) is 1.57. The second-order valence-corrected chi connectivity index (χ2v) is 6.16. The van der Waals surface area contributed by atoms with Crippen molar-refractivity contribution in [2.45, 2.75) is 32.0 Å². The molecule has 0 saturated heterocycles. The molecule has 1 unspecified atom stereocenters. The van der Waals surface area contributed by atoms with Crippen molar-refractivity contribution >= 4 is 5.96 Å². The molecular formula is C17H26F2N4O. The van der Waals surface area contributed by atoms with Gasteiger partial charge in [0, 0.05) is 31.7 Å². The van der Waals surface area contributed by atoms with E-state index in [1.165, 1.54) is 18.9 Å². The van der Waals surface area contributed by atoms with E-state index in [4.69, 9.17) is 0 Å². The quantitative estimate of drug-likeness (QED) is 0.563. The molecule has 0 aromatic heterocycles. The minimum atomic E-state index is -2.83. The van der Waals surface area contributed by atoms with Crippen LogP contribution in [0.15, 0.2) is 29.3 Å². The second kappa shape index (κ2) is 8.82. The Bertz CT molecular complexity index is 545. The third kappa shape index (κ3) is 5.63. The number of hydrogen-bond donors (Lipinski definition) is 2. The highest BCUT2D eigenvalue weighted by molar-refractivity contribution is 5.79. The lowest BCUT2D eigenvalue weighted by Gasteiger charge is -2.25. The van der Waals surface area contributed by atoms with Gasteiger partial charge in [-0.25, -0.2) is 0 Å². The third-order valence-electron chi connectivity index (χ3n) is 4.17. The molecule has 1 aliphatic carbocycles. The molecule has 0 spiro atoms. The van der Waals surface area contributed by atoms with Crippen molar-refractivity contribution in [1.29, 1.82) is 0 Å². The summed E-state index contributed by atoms with van der Waals surface area (Å²) < 4.78 is 29.4. The first-order valence-electron chi connectivity index (χ1n) is 8.15. The lowest BCUT2D eigenvalue weighted by molar-refractivity contribution is -0.0504. The number of nitrogens with one attached hydrogen (secondary N) is 2. The number of alkyl halides is 2. The second-order valence-electron chi connectivity index (χ2n) is 6.16. The zero-order valence-electron chi connectivity index (χ0n) is 14.4. The molecule has 24 heavy (non-hydrogen) atoms. The lowest BCUT2D eigenvalue weighted by atomic mass is 10.1. The predicted molar refractivity (Wildman–Crippen MR) is 91.5 cm³/mol. The molecule has 2 N–H and O–H groups in total. The normalized spacial score (nSPS) is 16.4. The van der Waals surface area contributed by atoms with Gasteiger partial charge in [0.15, 0.2) is 5.96 Å². The fraction of sp³-hybridized carbons (Fsp3) is 0.588. The van der Waals surface area contributed by atoms with Gasteiger partial charge in [0.2, 0.25) is 0 Å². The van der Waals surface area contributed by atoms with Gasteiger partial charge in [-0.2, -0.15) is 8.78 Å². The average molecular weight is 340 g/mol. The van der Waals surface area contributed by atoms with Crippen molar-refractivity contribution < 1.29 is 13.5 Å². The number of aliphatic imine (C=N–C) groups is 1. The Hall–Kier alpha value is -1.89. The van der Waals surface area contributed by atoms with Crippen LogP contribution in [0.4, 0.5) is 8.78 Å². The van der Waals surface area contributed by atoms with Crippen LogP contribution in [0.3, 0.4) is 0 Å². The van der Waals surface area contributed by atoms with E-state index in [1.54, 1.807) is 25.2 Å². The number of rotatable bonds is 8. The molecular weight excluding hydrogens is 314 g/mol. The first-order valence-corrected chi connectivity index (χ1v) is 8.15. The van der Waals surface area contributed by atoms with E-state index in [-0.39, 0.29) is 5.75 Å². The van der Waals surface area contributed by atoms with Crippen LogP contribution in [0.5, 0.6) is 5.75 Å². The minimum Gasteiger partial charge on any atom is -0.434 e. The number of guanidine groups is 1. The van der Waals surface area contributed by atoms with Crippen LogP contribution < -0.4 is 15.4 Å². The van der Waals surface area contributed by atoms with Crippen molar-refractivity contribution in [1.82, 2.24) is 15.5 Å². The summed E-state index contributed by atoms with van der Waals surface area (Å²) in [6.45, 7) is -1.67. The van der Waals surface area contributed by atoms with Gasteiger partial charge in [0.1, 0.15) is 5.75 Å². The van der Waals surface area contributed by atoms with E-state index in [1.807, 2.05) is 0 Å². The topological polar surface area (TPSA) is 48.9 Å². The Balaban J connectivity index is 1.87. The van der Waals surface area contributed by atoms with Gasteiger partial charge in [0.25, 0.3) is 0 Å². The highest BCUT2D eigenvalue weighted by Crippen LogP contribution is 2.34. The number of para-hydroxylation sites is 1. The van der Waals surface area contributed by atoms with Crippen LogP contribution in [-0.2, 0) is 6.54 Å². The van der Waals surface area contributed by atoms with Gasteiger partial charge >= 0.3 is 6.61 Å². The number of likely N-dealkylation sites (N-methyl/N-ethyl adjacent to an activating group) is 1. The van der Waals surface area contributed by atoms with Crippen LogP contribution in [0.25, 0.3) is 0 Å². The first-order chi connectivity index (χ1) is 11.5. The van der Waals surface area contributed by atoms with E-state index in [9.17, 15) is 8.78 Å². The predicted octanol–water partition coefficient (Wildman–Crippen LogP) is 2.29. The average Bonchev–Trinajstić information content (AvgIpc) is 3.36. The molecule has 1 saturated carbocycles. The number of hydrogen-bond acceptors (Lipinski definition) is 3. The number of ether oxygens (including phenoxy) is 1. The zero-order valence-corrected chi connectivity index (χ0v) is 14.4. The van der Waals surface area contributed by atoms with E-state index in [0.717, 1.165) is 12.5 Å². The monoisotopic (exact) mass is 340 g/mol. The molecule has 2 rings (SSSR count). The highest BCUT2D eigenvalue weighted by Gasteiger charge is 2.32. The van der Waals surface area contributed by atoms with Gasteiger partial charge < -0.3 is 20.3 Å². The van der Waals surface area contributed by atoms with Gasteiger partial charge in [-0.3, -0.25) is 4.99 Å². The summed E-state index contributed by atoms with van der Waals surface area (Å²) in [6, 6.07) is 7.23. The fourth-order valence-corrected chi connectivity index (χ4v) is 2.71. The van der Waals surface area contributed by atoms with Gasteiger partial charge in [-0.15, -0.1) is 0 Å². The SMILES string of the molecule is CN=C(NCc1ccccc1OC(F)F)NCC(C1CC1)N(C)C. The van der Waals surface area contributed by atoms with Crippen molar-refractivity contribution in [3.05, 3.63) is 29.8 Å². The standard InChI is InChI=1S/C17H26F2N4O/c1-20-17(22-11-14(23(2)3)12-8-9-12)21-10-13-6-4-5-7-15(13)24-16(18)19/h4-7,12,14,16H,8-11H2,1-3H3,(H2,20,21,22). The molecule has 0 aliphatic heterocycles. The van der Waals surface area contributed by atoms with Crippen molar-refractivity contribution in [3.8, 4) is 5.75 Å². The Kier molecular flexibility index (Phi) is 6.78. The zero-order chi connectivity index (χ0) is 17.5. The molecule has 5 nitrogen and oxygen atoms in total. The summed E-state index contributed by atoms with van der Waals surface area (Å²) >= 11 is 0. The first kappa shape index (κ1) is 18.4. The number of benzene rings is 1. The Morgan fingerprint density at radius 1 is 1.29 bits per heavy atom. The molecule has 1 aromatic rings. The molecule has 0 radical (unpaired) electrons. The largest absolute Gasteiger partial charge is 0.434 e. The number of nitrogens with zero attached hydrogens (tertiary/aromatic N) is 2. The summed E-state index contributed by atoms with van der Waals surface area (Å²) in [5, 5.41) is 6.46. The maximum absolute atomic E-state index is 12.4. The molecule has 0 bridgehead atoms. The molecule has 7 heteroatoms. The Labute approximate surface area is 142 Å². The van der Waals surface area contributed by atoms with Crippen LogP contribution in [0.2, 0.25) is 0 Å². The summed E-state index contributed by atoms with van der Waals surface area (Å²) in [4.78, 5) is 6.42. The molecule has 134 valence electrons. The molecule has 1 aromatic carbocycles. The van der Waals surface area contributed by atoms with Crippen molar-refractivity contribution in [2.75, 3.05) is 27.7 Å². The fourth-order valence-electron chi connectivity index (χ4n) is 2.71. The molecule has 0 heterocycles. The maximum atomic E-state index is 12.4. The van der Waals surface area contributed by atoms with Crippen molar-refractivity contribution in [2.24, 2.45) is 10.9 Å². The smallest absolute Gasteiger partial charge is 0.387 e. The Morgan fingerprint density at radius 3 is 2.58 bits per heavy atom. The van der Waals surface area contributed by atoms with E-state index < -0.39 is 6.61 Å². The van der Waals surface area contributed by atoms with Gasteiger partial charge in [0.05, 0.1) is 0 Å². The van der Waals surface area contributed by atoms with Crippen LogP contribution in [0, 0.1) is 5.92 Å². The van der Waals surface area contributed by atoms with E-state index in [2.05, 4.69) is 39.4 Å². The number of halogens is 2. The highest BCUT2D eigenvalue weighted by atomic mass is 19.3. The minimum absolute atomic E-state index is 0.180. The van der Waals surface area contributed by atoms with E-state index in [0.29, 0.717) is 24.1 Å². The summed E-state index contributed by atoms with van der Waals surface area (Å²) in [7, 11) is 5.86. The van der Waals surface area contributed by atoms with Crippen molar-refractivity contribution in [3.63, 3.8) is 0 Å². The Morgan fingerprint density at radius 2 is 2.00 bits per heavy atom. The molecule has 1 fully saturated rings. The summed E-state index contributed by atoms with van der Waals surface area (Å²) in [6.07, 6.45) is 2.55. The van der Waals surface area contributed by atoms with Crippen LogP contribution in [0.1, 0.15) is 18.4 Å². The summed E-state index contributed by atoms with van der Waals surface area (Å²) in [5.41, 5.74) is 0.659. The maximum Gasteiger partial charge on any atom is 0.387 e.